The second kappa shape index (κ2) is 5.50. The van der Waals surface area contributed by atoms with Crippen molar-refractivity contribution in [3.63, 3.8) is 0 Å². The van der Waals surface area contributed by atoms with Gasteiger partial charge in [0.25, 0.3) is 0 Å². The molecule has 4 heteroatoms. The largest absolute Gasteiger partial charge is 0.320 e. The van der Waals surface area contributed by atoms with Gasteiger partial charge in [0.1, 0.15) is 0 Å². The molecule has 0 amide bonds. The third-order valence-electron chi connectivity index (χ3n) is 2.86. The number of aryl methyl sites for hydroxylation is 1. The Morgan fingerprint density at radius 1 is 0.889 bits per heavy atom. The number of rotatable bonds is 2. The fraction of sp³-hybridized carbons (Fsp3) is 0.143. The predicted molar refractivity (Wildman–Crippen MR) is 78.7 cm³/mol. The van der Waals surface area contributed by atoms with E-state index in [0.717, 1.165) is 16.7 Å². The van der Waals surface area contributed by atoms with Crippen LogP contribution >= 0.6 is 34.8 Å². The lowest BCUT2D eigenvalue weighted by Gasteiger charge is -2.17. The minimum Gasteiger partial charge on any atom is -0.320 e. The summed E-state index contributed by atoms with van der Waals surface area (Å²) in [7, 11) is 0. The Morgan fingerprint density at radius 2 is 1.44 bits per heavy atom. The first-order valence-corrected chi connectivity index (χ1v) is 6.59. The Labute approximate surface area is 121 Å². The molecule has 2 rings (SSSR count). The van der Waals surface area contributed by atoms with Crippen molar-refractivity contribution in [2.45, 2.75) is 13.0 Å². The van der Waals surface area contributed by atoms with Gasteiger partial charge in [-0.1, -0.05) is 46.9 Å². The maximum atomic E-state index is 6.25. The van der Waals surface area contributed by atoms with Gasteiger partial charge in [0, 0.05) is 15.1 Å². The summed E-state index contributed by atoms with van der Waals surface area (Å²) in [5.74, 6) is 0. The van der Waals surface area contributed by atoms with E-state index in [0.29, 0.717) is 15.1 Å². The molecule has 0 aliphatic carbocycles. The normalized spacial score (nSPS) is 12.5. The lowest BCUT2D eigenvalue weighted by atomic mass is 9.96. The molecule has 18 heavy (non-hydrogen) atoms. The first kappa shape index (κ1) is 13.7. The Balaban J connectivity index is 2.44. The summed E-state index contributed by atoms with van der Waals surface area (Å²) in [6, 6.07) is 10.7. The second-order valence-corrected chi connectivity index (χ2v) is 5.42. The molecule has 0 aliphatic heterocycles. The molecule has 0 aliphatic rings. The first-order chi connectivity index (χ1) is 8.49. The van der Waals surface area contributed by atoms with Crippen LogP contribution in [0.5, 0.6) is 0 Å². The summed E-state index contributed by atoms with van der Waals surface area (Å²) in [6.07, 6.45) is 0. The van der Waals surface area contributed by atoms with Crippen molar-refractivity contribution in [2.24, 2.45) is 5.73 Å². The zero-order valence-corrected chi connectivity index (χ0v) is 12.0. The van der Waals surface area contributed by atoms with Crippen LogP contribution in [0.2, 0.25) is 15.1 Å². The van der Waals surface area contributed by atoms with E-state index in [1.165, 1.54) is 0 Å². The van der Waals surface area contributed by atoms with E-state index in [-0.39, 0.29) is 6.04 Å². The van der Waals surface area contributed by atoms with Gasteiger partial charge in [0.05, 0.1) is 6.04 Å². The maximum absolute atomic E-state index is 6.25. The van der Waals surface area contributed by atoms with Crippen LogP contribution in [0.3, 0.4) is 0 Å². The third-order valence-corrected chi connectivity index (χ3v) is 3.66. The summed E-state index contributed by atoms with van der Waals surface area (Å²) in [5, 5.41) is 1.87. The number of halogens is 3. The van der Waals surface area contributed by atoms with E-state index in [2.05, 4.69) is 0 Å². The molecule has 0 saturated carbocycles. The first-order valence-electron chi connectivity index (χ1n) is 5.45. The summed E-state index contributed by atoms with van der Waals surface area (Å²) in [4.78, 5) is 0. The lowest BCUT2D eigenvalue weighted by Crippen LogP contribution is -2.13. The van der Waals surface area contributed by atoms with E-state index in [9.17, 15) is 0 Å². The van der Waals surface area contributed by atoms with Crippen LogP contribution in [0.25, 0.3) is 0 Å². The Kier molecular flexibility index (Phi) is 4.18. The van der Waals surface area contributed by atoms with E-state index >= 15 is 0 Å². The summed E-state index contributed by atoms with van der Waals surface area (Å²) < 4.78 is 0. The molecule has 0 aromatic heterocycles. The summed E-state index contributed by atoms with van der Waals surface area (Å²) in [6.45, 7) is 1.98. The molecule has 0 saturated heterocycles. The number of nitrogens with two attached hydrogens (primary N) is 1. The topological polar surface area (TPSA) is 26.0 Å². The molecule has 0 fully saturated rings. The standard InChI is InChI=1S/C14H12Cl3N/c1-8-6-9(15)2-4-11(8)14(18)12-5-3-10(16)7-13(12)17/h2-7,14H,18H2,1H3. The van der Waals surface area contributed by atoms with Gasteiger partial charge in [0.15, 0.2) is 0 Å². The van der Waals surface area contributed by atoms with Gasteiger partial charge in [0.2, 0.25) is 0 Å². The zero-order valence-electron chi connectivity index (χ0n) is 9.75. The molecule has 2 N–H and O–H groups in total. The van der Waals surface area contributed by atoms with Crippen LogP contribution in [-0.4, -0.2) is 0 Å². The summed E-state index contributed by atoms with van der Waals surface area (Å²) >= 11 is 18.0. The fourth-order valence-corrected chi connectivity index (χ4v) is 2.66. The lowest BCUT2D eigenvalue weighted by molar-refractivity contribution is 0.862. The van der Waals surface area contributed by atoms with E-state index < -0.39 is 0 Å². The Bertz CT molecular complexity index is 530. The van der Waals surface area contributed by atoms with E-state index in [1.54, 1.807) is 12.1 Å². The molecule has 0 heterocycles. The van der Waals surface area contributed by atoms with Crippen LogP contribution in [0, 0.1) is 6.92 Å². The molecule has 0 bridgehead atoms. The predicted octanol–water partition coefficient (Wildman–Crippen LogP) is 5.00. The number of hydrogen-bond acceptors (Lipinski definition) is 1. The highest BCUT2D eigenvalue weighted by Crippen LogP contribution is 2.31. The van der Waals surface area contributed by atoms with Crippen molar-refractivity contribution in [1.29, 1.82) is 0 Å². The Morgan fingerprint density at radius 3 is 2.00 bits per heavy atom. The van der Waals surface area contributed by atoms with Crippen molar-refractivity contribution in [3.05, 3.63) is 68.2 Å². The molecular weight excluding hydrogens is 289 g/mol. The van der Waals surface area contributed by atoms with Crippen LogP contribution < -0.4 is 5.73 Å². The molecule has 1 nitrogen and oxygen atoms in total. The average molecular weight is 301 g/mol. The van der Waals surface area contributed by atoms with Crippen molar-refractivity contribution in [2.75, 3.05) is 0 Å². The third kappa shape index (κ3) is 2.81. The van der Waals surface area contributed by atoms with Crippen molar-refractivity contribution in [1.82, 2.24) is 0 Å². The van der Waals surface area contributed by atoms with Crippen molar-refractivity contribution < 1.29 is 0 Å². The molecule has 1 atom stereocenters. The highest BCUT2D eigenvalue weighted by atomic mass is 35.5. The number of hydrogen-bond donors (Lipinski definition) is 1. The molecule has 0 spiro atoms. The maximum Gasteiger partial charge on any atom is 0.0569 e. The van der Waals surface area contributed by atoms with Gasteiger partial charge in [-0.25, -0.2) is 0 Å². The fourth-order valence-electron chi connectivity index (χ4n) is 1.91. The van der Waals surface area contributed by atoms with Crippen LogP contribution in [-0.2, 0) is 0 Å². The molecule has 0 radical (unpaired) electrons. The molecule has 2 aromatic carbocycles. The Hall–Kier alpha value is -0.730. The van der Waals surface area contributed by atoms with Crippen LogP contribution in [0.1, 0.15) is 22.7 Å². The highest BCUT2D eigenvalue weighted by molar-refractivity contribution is 6.35. The summed E-state index contributed by atoms with van der Waals surface area (Å²) in [5.41, 5.74) is 9.15. The highest BCUT2D eigenvalue weighted by Gasteiger charge is 2.14. The SMILES string of the molecule is Cc1cc(Cl)ccc1C(N)c1ccc(Cl)cc1Cl. The minimum atomic E-state index is -0.285. The van der Waals surface area contributed by atoms with Gasteiger partial charge >= 0.3 is 0 Å². The van der Waals surface area contributed by atoms with Crippen molar-refractivity contribution in [3.8, 4) is 0 Å². The molecule has 2 aromatic rings. The quantitative estimate of drug-likeness (QED) is 0.829. The van der Waals surface area contributed by atoms with E-state index in [4.69, 9.17) is 40.5 Å². The molecule has 1 unspecified atom stereocenters. The number of benzene rings is 2. The van der Waals surface area contributed by atoms with E-state index in [1.807, 2.05) is 31.2 Å². The molecular formula is C14H12Cl3N. The van der Waals surface area contributed by atoms with Gasteiger partial charge in [-0.05, 0) is 47.9 Å². The minimum absolute atomic E-state index is 0.285. The monoisotopic (exact) mass is 299 g/mol. The second-order valence-electron chi connectivity index (χ2n) is 4.14. The van der Waals surface area contributed by atoms with Crippen LogP contribution in [0.4, 0.5) is 0 Å². The average Bonchev–Trinajstić information content (AvgIpc) is 2.28. The molecule has 94 valence electrons. The smallest absolute Gasteiger partial charge is 0.0569 e. The van der Waals surface area contributed by atoms with Gasteiger partial charge in [-0.2, -0.15) is 0 Å². The van der Waals surface area contributed by atoms with Gasteiger partial charge in [-0.3, -0.25) is 0 Å². The van der Waals surface area contributed by atoms with Gasteiger partial charge in [-0.15, -0.1) is 0 Å². The van der Waals surface area contributed by atoms with Gasteiger partial charge < -0.3 is 5.73 Å². The van der Waals surface area contributed by atoms with Crippen molar-refractivity contribution >= 4 is 34.8 Å². The van der Waals surface area contributed by atoms with Crippen LogP contribution in [0.15, 0.2) is 36.4 Å². The zero-order chi connectivity index (χ0) is 13.3.